The molecule has 0 saturated carbocycles. The number of ether oxygens (including phenoxy) is 1. The molecule has 2 amide bonds. The van der Waals surface area contributed by atoms with Crippen molar-refractivity contribution < 1.29 is 27.5 Å². The minimum atomic E-state index is -4.43. The largest absolute Gasteiger partial charge is 0.411 e. The summed E-state index contributed by atoms with van der Waals surface area (Å²) in [5, 5.41) is 2.56. The smallest absolute Gasteiger partial charge is 0.362 e. The summed E-state index contributed by atoms with van der Waals surface area (Å²) in [7, 11) is 0. The second-order valence-corrected chi connectivity index (χ2v) is 3.59. The van der Waals surface area contributed by atoms with Gasteiger partial charge in [0.1, 0.15) is 13.2 Å². The molecule has 1 saturated heterocycles. The molecule has 1 fully saturated rings. The van der Waals surface area contributed by atoms with E-state index in [0.717, 1.165) is 0 Å². The number of carbonyl (C=O) groups excluding carboxylic acids is 2. The van der Waals surface area contributed by atoms with Crippen molar-refractivity contribution in [2.24, 2.45) is 0 Å². The first-order chi connectivity index (χ1) is 7.88. The normalized spacial score (nSPS) is 17.6. The Morgan fingerprint density at radius 3 is 2.76 bits per heavy atom. The molecule has 0 aliphatic carbocycles. The average molecular weight is 254 g/mol. The van der Waals surface area contributed by atoms with E-state index in [-0.39, 0.29) is 18.9 Å². The monoisotopic (exact) mass is 254 g/mol. The first-order valence-electron chi connectivity index (χ1n) is 5.07. The van der Waals surface area contributed by atoms with Gasteiger partial charge >= 0.3 is 6.18 Å². The lowest BCUT2D eigenvalue weighted by atomic mass is 10.4. The van der Waals surface area contributed by atoms with Crippen LogP contribution in [-0.2, 0) is 14.3 Å². The van der Waals surface area contributed by atoms with Crippen LogP contribution in [0.5, 0.6) is 0 Å². The summed E-state index contributed by atoms with van der Waals surface area (Å²) in [6, 6.07) is 0. The number of nitrogens with zero attached hydrogens (tertiary/aromatic N) is 1. The Balaban J connectivity index is 2.29. The maximum absolute atomic E-state index is 11.8. The molecule has 1 rings (SSSR count). The Kier molecular flexibility index (Phi) is 4.73. The molecule has 0 aromatic carbocycles. The minimum Gasteiger partial charge on any atom is -0.362 e. The number of rotatable bonds is 3. The fourth-order valence-corrected chi connectivity index (χ4v) is 1.36. The van der Waals surface area contributed by atoms with Gasteiger partial charge in [-0.05, 0) is 0 Å². The lowest BCUT2D eigenvalue weighted by Gasteiger charge is -2.19. The maximum Gasteiger partial charge on any atom is 0.411 e. The molecule has 0 aromatic heterocycles. The second-order valence-electron chi connectivity index (χ2n) is 3.59. The van der Waals surface area contributed by atoms with E-state index in [0.29, 0.717) is 13.1 Å². The molecule has 1 aliphatic rings. The van der Waals surface area contributed by atoms with Gasteiger partial charge in [0.25, 0.3) is 0 Å². The van der Waals surface area contributed by atoms with Gasteiger partial charge in [-0.1, -0.05) is 0 Å². The van der Waals surface area contributed by atoms with Crippen LogP contribution in [0.4, 0.5) is 13.2 Å². The van der Waals surface area contributed by atoms with Crippen molar-refractivity contribution in [2.45, 2.75) is 12.6 Å². The molecule has 1 aliphatic heterocycles. The fourth-order valence-electron chi connectivity index (χ4n) is 1.36. The van der Waals surface area contributed by atoms with Gasteiger partial charge in [-0.3, -0.25) is 9.59 Å². The van der Waals surface area contributed by atoms with E-state index in [2.05, 4.69) is 10.1 Å². The molecule has 0 bridgehead atoms. The Morgan fingerprint density at radius 1 is 1.41 bits per heavy atom. The molecule has 1 heterocycles. The molecule has 0 spiro atoms. The molecule has 5 nitrogen and oxygen atoms in total. The molecule has 8 heteroatoms. The Bertz CT molecular complexity index is 294. The van der Waals surface area contributed by atoms with E-state index in [9.17, 15) is 22.8 Å². The van der Waals surface area contributed by atoms with Crippen molar-refractivity contribution in [1.29, 1.82) is 0 Å². The summed E-state index contributed by atoms with van der Waals surface area (Å²) in [5.74, 6) is -0.706. The highest BCUT2D eigenvalue weighted by Gasteiger charge is 2.28. The second kappa shape index (κ2) is 5.85. The van der Waals surface area contributed by atoms with Crippen LogP contribution in [0.2, 0.25) is 0 Å². The van der Waals surface area contributed by atoms with Gasteiger partial charge in [0, 0.05) is 26.1 Å². The third-order valence-electron chi connectivity index (χ3n) is 2.16. The SMILES string of the molecule is O=C1CCN(C(=O)COCC(F)(F)F)CCN1. The summed E-state index contributed by atoms with van der Waals surface area (Å²) in [6.07, 6.45) is -4.28. The average Bonchev–Trinajstić information content (AvgIpc) is 2.41. The third-order valence-corrected chi connectivity index (χ3v) is 2.16. The van der Waals surface area contributed by atoms with Crippen LogP contribution < -0.4 is 5.32 Å². The van der Waals surface area contributed by atoms with Gasteiger partial charge in [0.15, 0.2) is 0 Å². The van der Waals surface area contributed by atoms with E-state index in [1.165, 1.54) is 4.90 Å². The first-order valence-corrected chi connectivity index (χ1v) is 5.07. The number of carbonyl (C=O) groups is 2. The number of halogens is 3. The van der Waals surface area contributed by atoms with Gasteiger partial charge in [0.2, 0.25) is 11.8 Å². The van der Waals surface area contributed by atoms with Crippen LogP contribution in [0.15, 0.2) is 0 Å². The van der Waals surface area contributed by atoms with E-state index in [4.69, 9.17) is 0 Å². The van der Waals surface area contributed by atoms with E-state index < -0.39 is 25.3 Å². The molecule has 0 unspecified atom stereocenters. The molecule has 0 atom stereocenters. The number of hydrogen-bond donors (Lipinski definition) is 1. The van der Waals surface area contributed by atoms with Gasteiger partial charge < -0.3 is 15.0 Å². The minimum absolute atomic E-state index is 0.158. The van der Waals surface area contributed by atoms with Crippen molar-refractivity contribution in [3.05, 3.63) is 0 Å². The lowest BCUT2D eigenvalue weighted by molar-refractivity contribution is -0.177. The molecule has 0 radical (unpaired) electrons. The first kappa shape index (κ1) is 13.8. The number of amides is 2. The van der Waals surface area contributed by atoms with E-state index in [1.807, 2.05) is 0 Å². The quantitative estimate of drug-likeness (QED) is 0.766. The van der Waals surface area contributed by atoms with Crippen molar-refractivity contribution in [3.63, 3.8) is 0 Å². The molecule has 17 heavy (non-hydrogen) atoms. The number of nitrogens with one attached hydrogen (secondary N) is 1. The van der Waals surface area contributed by atoms with Crippen LogP contribution in [-0.4, -0.2) is 55.7 Å². The van der Waals surface area contributed by atoms with Crippen LogP contribution in [0.25, 0.3) is 0 Å². The predicted molar refractivity (Wildman–Crippen MR) is 51.1 cm³/mol. The molecular formula is C9H13F3N2O3. The van der Waals surface area contributed by atoms with E-state index in [1.54, 1.807) is 0 Å². The summed E-state index contributed by atoms with van der Waals surface area (Å²) >= 11 is 0. The maximum atomic E-state index is 11.8. The van der Waals surface area contributed by atoms with E-state index >= 15 is 0 Å². The summed E-state index contributed by atoms with van der Waals surface area (Å²) in [5.41, 5.74) is 0. The zero-order valence-corrected chi connectivity index (χ0v) is 9.05. The van der Waals surface area contributed by atoms with Gasteiger partial charge in [-0.2, -0.15) is 13.2 Å². The van der Waals surface area contributed by atoms with Crippen LogP contribution in [0.1, 0.15) is 6.42 Å². The van der Waals surface area contributed by atoms with Crippen molar-refractivity contribution in [1.82, 2.24) is 10.2 Å². The van der Waals surface area contributed by atoms with Crippen molar-refractivity contribution in [2.75, 3.05) is 32.8 Å². The van der Waals surface area contributed by atoms with Gasteiger partial charge in [-0.25, -0.2) is 0 Å². The predicted octanol–water partition coefficient (Wildman–Crippen LogP) is -0.0862. The Labute approximate surface area is 95.9 Å². The summed E-state index contributed by atoms with van der Waals surface area (Å²) in [6.45, 7) is -1.25. The summed E-state index contributed by atoms with van der Waals surface area (Å²) in [4.78, 5) is 23.7. The van der Waals surface area contributed by atoms with Crippen LogP contribution in [0, 0.1) is 0 Å². The lowest BCUT2D eigenvalue weighted by Crippen LogP contribution is -2.37. The zero-order valence-electron chi connectivity index (χ0n) is 9.05. The molecule has 1 N–H and O–H groups in total. The summed E-state index contributed by atoms with van der Waals surface area (Å²) < 4.78 is 39.5. The third kappa shape index (κ3) is 5.53. The number of hydrogen-bond acceptors (Lipinski definition) is 3. The highest BCUT2D eigenvalue weighted by atomic mass is 19.4. The van der Waals surface area contributed by atoms with Crippen LogP contribution in [0.3, 0.4) is 0 Å². The molecular weight excluding hydrogens is 241 g/mol. The van der Waals surface area contributed by atoms with Gasteiger partial charge in [0.05, 0.1) is 0 Å². The number of alkyl halides is 3. The highest BCUT2D eigenvalue weighted by molar-refractivity contribution is 5.80. The van der Waals surface area contributed by atoms with Crippen molar-refractivity contribution in [3.8, 4) is 0 Å². The van der Waals surface area contributed by atoms with Crippen LogP contribution >= 0.6 is 0 Å². The Hall–Kier alpha value is -1.31. The molecule has 98 valence electrons. The van der Waals surface area contributed by atoms with Crippen molar-refractivity contribution >= 4 is 11.8 Å². The fraction of sp³-hybridized carbons (Fsp3) is 0.778. The zero-order chi connectivity index (χ0) is 12.9. The standard InChI is InChI=1S/C9H13F3N2O3/c10-9(11,12)6-17-5-8(16)14-3-1-7(15)13-2-4-14/h1-6H2,(H,13,15). The molecule has 0 aromatic rings. The Morgan fingerprint density at radius 2 is 2.12 bits per heavy atom. The van der Waals surface area contributed by atoms with Gasteiger partial charge in [-0.15, -0.1) is 0 Å². The highest BCUT2D eigenvalue weighted by Crippen LogP contribution is 2.14. The topological polar surface area (TPSA) is 58.6 Å².